The number of carbonyl (C=O) groups excluding carboxylic acids is 1. The number of nitrogens with zero attached hydrogens (tertiary/aromatic N) is 2. The Bertz CT molecular complexity index is 1150. The van der Waals surface area contributed by atoms with Gasteiger partial charge in [0.05, 0.1) is 13.2 Å². The predicted molar refractivity (Wildman–Crippen MR) is 126 cm³/mol. The average Bonchev–Trinajstić information content (AvgIpc) is 2.79. The first-order chi connectivity index (χ1) is 15.6. The third-order valence-corrected chi connectivity index (χ3v) is 7.80. The Hall–Kier alpha value is -2.86. The van der Waals surface area contributed by atoms with Crippen molar-refractivity contribution in [3.63, 3.8) is 0 Å². The van der Waals surface area contributed by atoms with Crippen LogP contribution in [0.15, 0.2) is 53.4 Å². The molecule has 33 heavy (non-hydrogen) atoms. The molecule has 1 aliphatic heterocycles. The van der Waals surface area contributed by atoms with Gasteiger partial charge in [-0.1, -0.05) is 37.0 Å². The number of rotatable bonds is 4. The van der Waals surface area contributed by atoms with Crippen molar-refractivity contribution in [3.05, 3.63) is 59.7 Å². The third kappa shape index (κ3) is 5.74. The Kier molecular flexibility index (Phi) is 7.80. The summed E-state index contributed by atoms with van der Waals surface area (Å²) < 4.78 is 34.5. The van der Waals surface area contributed by atoms with E-state index >= 15 is 0 Å². The van der Waals surface area contributed by atoms with Crippen molar-refractivity contribution in [2.24, 2.45) is 5.92 Å². The monoisotopic (exact) mass is 470 g/mol. The Morgan fingerprint density at radius 3 is 2.52 bits per heavy atom. The lowest BCUT2D eigenvalue weighted by atomic mass is 10.0. The van der Waals surface area contributed by atoms with Gasteiger partial charge in [-0.05, 0) is 37.3 Å². The van der Waals surface area contributed by atoms with Crippen molar-refractivity contribution in [2.45, 2.75) is 37.8 Å². The van der Waals surface area contributed by atoms with Crippen LogP contribution in [0, 0.1) is 17.8 Å². The molecule has 1 aliphatic rings. The fourth-order valence-corrected chi connectivity index (χ4v) is 5.41. The van der Waals surface area contributed by atoms with E-state index < -0.39 is 22.2 Å². The Morgan fingerprint density at radius 1 is 1.21 bits per heavy atom. The molecule has 1 amide bonds. The van der Waals surface area contributed by atoms with Gasteiger partial charge in [0.1, 0.15) is 16.7 Å². The summed E-state index contributed by atoms with van der Waals surface area (Å²) in [7, 11) is -2.23. The SMILES string of the molecule is CC(=O)N(C)C[C@H]1Oc2cc(C#Cc3ccccc3)ccc2S(=O)(=O)N([C@@H](C)CO)C[C@@H]1C. The van der Waals surface area contributed by atoms with E-state index in [9.17, 15) is 18.3 Å². The van der Waals surface area contributed by atoms with Gasteiger partial charge < -0.3 is 14.7 Å². The van der Waals surface area contributed by atoms with E-state index in [1.54, 1.807) is 31.0 Å². The lowest BCUT2D eigenvalue weighted by molar-refractivity contribution is -0.129. The van der Waals surface area contributed by atoms with E-state index in [0.29, 0.717) is 12.1 Å². The number of carbonyl (C=O) groups is 1. The highest BCUT2D eigenvalue weighted by atomic mass is 32.2. The molecule has 0 aliphatic carbocycles. The smallest absolute Gasteiger partial charge is 0.247 e. The second-order valence-corrected chi connectivity index (χ2v) is 10.3. The normalized spacial score (nSPS) is 20.8. The highest BCUT2D eigenvalue weighted by molar-refractivity contribution is 7.89. The van der Waals surface area contributed by atoms with Gasteiger partial charge in [-0.15, -0.1) is 0 Å². The molecule has 0 saturated carbocycles. The number of aliphatic hydroxyl groups excluding tert-OH is 1. The molecule has 1 N–H and O–H groups in total. The molecule has 2 aromatic rings. The van der Waals surface area contributed by atoms with Crippen molar-refractivity contribution >= 4 is 15.9 Å². The van der Waals surface area contributed by atoms with Gasteiger partial charge in [-0.25, -0.2) is 8.42 Å². The Balaban J connectivity index is 2.08. The molecule has 2 aromatic carbocycles. The van der Waals surface area contributed by atoms with Crippen molar-refractivity contribution in [1.29, 1.82) is 0 Å². The van der Waals surface area contributed by atoms with Crippen LogP contribution in [-0.2, 0) is 14.8 Å². The molecule has 1 heterocycles. The second-order valence-electron chi connectivity index (χ2n) is 8.42. The van der Waals surface area contributed by atoms with Crippen LogP contribution in [0.25, 0.3) is 0 Å². The van der Waals surface area contributed by atoms with Crippen molar-refractivity contribution in [2.75, 3.05) is 26.7 Å². The molecule has 3 atom stereocenters. The number of amides is 1. The maximum atomic E-state index is 13.5. The standard InChI is InChI=1S/C25H30N2O5S/c1-18-15-27(19(2)17-28)33(30,31)25-13-12-22(11-10-21-8-6-5-7-9-21)14-23(25)32-24(18)16-26(4)20(3)29/h5-9,12-14,18-19,24,28H,15-17H2,1-4H3/t18-,19-,24+/m0/s1. The van der Waals surface area contributed by atoms with E-state index in [1.807, 2.05) is 37.3 Å². The van der Waals surface area contributed by atoms with Crippen LogP contribution in [0.3, 0.4) is 0 Å². The van der Waals surface area contributed by atoms with Crippen molar-refractivity contribution < 1.29 is 23.1 Å². The molecule has 0 bridgehead atoms. The minimum absolute atomic E-state index is 0.0236. The van der Waals surface area contributed by atoms with E-state index in [2.05, 4.69) is 11.8 Å². The summed E-state index contributed by atoms with van der Waals surface area (Å²) in [4.78, 5) is 13.4. The maximum absolute atomic E-state index is 13.5. The Labute approximate surface area is 196 Å². The topological polar surface area (TPSA) is 87.2 Å². The summed E-state index contributed by atoms with van der Waals surface area (Å²) in [6, 6.07) is 13.7. The molecule has 0 spiro atoms. The van der Waals surface area contributed by atoms with Crippen LogP contribution in [0.5, 0.6) is 5.75 Å². The highest BCUT2D eigenvalue weighted by Crippen LogP contribution is 2.34. The maximum Gasteiger partial charge on any atom is 0.247 e. The molecule has 0 unspecified atom stereocenters. The highest BCUT2D eigenvalue weighted by Gasteiger charge is 2.38. The minimum Gasteiger partial charge on any atom is -0.487 e. The quantitative estimate of drug-likeness (QED) is 0.693. The van der Waals surface area contributed by atoms with Crippen LogP contribution in [0.2, 0.25) is 0 Å². The number of hydrogen-bond acceptors (Lipinski definition) is 5. The first-order valence-corrected chi connectivity index (χ1v) is 12.3. The van der Waals surface area contributed by atoms with Crippen molar-refractivity contribution in [3.8, 4) is 17.6 Å². The minimum atomic E-state index is -3.92. The number of benzene rings is 2. The Morgan fingerprint density at radius 2 is 1.88 bits per heavy atom. The van der Waals surface area contributed by atoms with Gasteiger partial charge in [0.25, 0.3) is 0 Å². The first-order valence-electron chi connectivity index (χ1n) is 10.9. The average molecular weight is 471 g/mol. The third-order valence-electron chi connectivity index (χ3n) is 5.78. The van der Waals surface area contributed by atoms with Gasteiger partial charge in [0, 0.05) is 43.6 Å². The van der Waals surface area contributed by atoms with Crippen LogP contribution in [-0.4, -0.2) is 67.5 Å². The predicted octanol–water partition coefficient (Wildman–Crippen LogP) is 2.33. The molecular formula is C25H30N2O5S. The van der Waals surface area contributed by atoms with Gasteiger partial charge in [0.2, 0.25) is 15.9 Å². The molecular weight excluding hydrogens is 440 g/mol. The molecule has 7 nitrogen and oxygen atoms in total. The second kappa shape index (κ2) is 10.4. The summed E-state index contributed by atoms with van der Waals surface area (Å²) in [6.07, 6.45) is -0.445. The molecule has 176 valence electrons. The summed E-state index contributed by atoms with van der Waals surface area (Å²) in [5, 5.41) is 9.71. The summed E-state index contributed by atoms with van der Waals surface area (Å²) in [5.74, 6) is 5.98. The molecule has 8 heteroatoms. The van der Waals surface area contributed by atoms with E-state index in [1.165, 1.54) is 17.3 Å². The number of aliphatic hydroxyl groups is 1. The zero-order valence-electron chi connectivity index (χ0n) is 19.4. The fourth-order valence-electron chi connectivity index (χ4n) is 3.59. The van der Waals surface area contributed by atoms with Gasteiger partial charge in [0.15, 0.2) is 0 Å². The lowest BCUT2D eigenvalue weighted by Crippen LogP contribution is -2.50. The first kappa shape index (κ1) is 24.8. The van der Waals surface area contributed by atoms with Gasteiger partial charge in [-0.3, -0.25) is 4.79 Å². The van der Waals surface area contributed by atoms with Crippen LogP contribution >= 0.6 is 0 Å². The largest absolute Gasteiger partial charge is 0.487 e. The number of fused-ring (bicyclic) bond motifs is 1. The van der Waals surface area contributed by atoms with Crippen LogP contribution < -0.4 is 4.74 Å². The number of sulfonamides is 1. The lowest BCUT2D eigenvalue weighted by Gasteiger charge is -2.37. The van der Waals surface area contributed by atoms with Gasteiger partial charge in [-0.2, -0.15) is 4.31 Å². The van der Waals surface area contributed by atoms with E-state index in [4.69, 9.17) is 4.74 Å². The fraction of sp³-hybridized carbons (Fsp3) is 0.400. The number of likely N-dealkylation sites (N-methyl/N-ethyl adjacent to an activating group) is 1. The molecule has 0 aromatic heterocycles. The number of hydrogen-bond donors (Lipinski definition) is 1. The zero-order chi connectivity index (χ0) is 24.2. The molecule has 0 radical (unpaired) electrons. The van der Waals surface area contributed by atoms with E-state index in [0.717, 1.165) is 5.56 Å². The van der Waals surface area contributed by atoms with Crippen LogP contribution in [0.1, 0.15) is 31.9 Å². The summed E-state index contributed by atoms with van der Waals surface area (Å²) in [5.41, 5.74) is 1.46. The van der Waals surface area contributed by atoms with E-state index in [-0.39, 0.29) is 35.6 Å². The summed E-state index contributed by atoms with van der Waals surface area (Å²) >= 11 is 0. The van der Waals surface area contributed by atoms with Gasteiger partial charge >= 0.3 is 0 Å². The number of ether oxygens (including phenoxy) is 1. The molecule has 0 saturated heterocycles. The van der Waals surface area contributed by atoms with Crippen LogP contribution in [0.4, 0.5) is 0 Å². The van der Waals surface area contributed by atoms with Crippen molar-refractivity contribution in [1.82, 2.24) is 9.21 Å². The zero-order valence-corrected chi connectivity index (χ0v) is 20.2. The summed E-state index contributed by atoms with van der Waals surface area (Å²) in [6.45, 7) is 5.19. The molecule has 0 fully saturated rings. The molecule has 3 rings (SSSR count).